The van der Waals surface area contributed by atoms with Crippen LogP contribution in [0.3, 0.4) is 0 Å². The largest absolute Gasteiger partial charge is 0.342 e. The van der Waals surface area contributed by atoms with Gasteiger partial charge in [-0.2, -0.15) is 0 Å². The van der Waals surface area contributed by atoms with Crippen LogP contribution in [-0.2, 0) is 5.75 Å². The maximum Gasteiger partial charge on any atom is 0.270 e. The Balaban J connectivity index is 1.66. The molecule has 1 N–H and O–H groups in total. The fraction of sp³-hybridized carbons (Fsp3) is 0.160. The molecule has 0 radical (unpaired) electrons. The predicted molar refractivity (Wildman–Crippen MR) is 136 cm³/mol. The lowest BCUT2D eigenvalue weighted by molar-refractivity contribution is -0.384. The van der Waals surface area contributed by atoms with Gasteiger partial charge >= 0.3 is 0 Å². The second-order valence-corrected chi connectivity index (χ2v) is 9.40. The van der Waals surface area contributed by atoms with Crippen LogP contribution in [0.25, 0.3) is 5.69 Å². The molecule has 0 fully saturated rings. The van der Waals surface area contributed by atoms with Crippen LogP contribution < -0.4 is 5.32 Å². The van der Waals surface area contributed by atoms with Crippen molar-refractivity contribution < 1.29 is 14.1 Å². The number of nitrogens with zero attached hydrogens (tertiary/aromatic N) is 4. The molecule has 184 valence electrons. The lowest BCUT2D eigenvalue weighted by atomic mass is 10.1. The maximum absolute atomic E-state index is 13.3. The van der Waals surface area contributed by atoms with E-state index in [1.807, 2.05) is 17.6 Å². The van der Waals surface area contributed by atoms with Gasteiger partial charge in [0.05, 0.1) is 16.7 Å². The number of non-ortho nitro benzene ring substituents is 1. The molecular formula is C25H21ClFN5O3S. The number of amides is 1. The molecule has 36 heavy (non-hydrogen) atoms. The highest BCUT2D eigenvalue weighted by Crippen LogP contribution is 2.30. The molecule has 1 heterocycles. The van der Waals surface area contributed by atoms with E-state index < -0.39 is 16.9 Å². The molecular weight excluding hydrogens is 505 g/mol. The fourth-order valence-corrected chi connectivity index (χ4v) is 4.61. The number of rotatable bonds is 8. The first-order chi connectivity index (χ1) is 17.2. The number of nitro benzene ring substituents is 1. The summed E-state index contributed by atoms with van der Waals surface area (Å²) >= 11 is 7.70. The van der Waals surface area contributed by atoms with Gasteiger partial charge < -0.3 is 5.32 Å². The molecule has 3 aromatic carbocycles. The SMILES string of the molecule is Cc1ccc(Cl)cc1-n1c(SCc2ccc(F)cc2)nnc1C(C)NC(=O)c1cccc([N+](=O)[O-])c1. The van der Waals surface area contributed by atoms with Gasteiger partial charge in [0.2, 0.25) is 0 Å². The minimum atomic E-state index is -0.595. The smallest absolute Gasteiger partial charge is 0.270 e. The van der Waals surface area contributed by atoms with Crippen molar-refractivity contribution in [2.45, 2.75) is 30.8 Å². The highest BCUT2D eigenvalue weighted by Gasteiger charge is 2.23. The van der Waals surface area contributed by atoms with E-state index in [0.29, 0.717) is 21.8 Å². The number of carbonyl (C=O) groups excluding carboxylic acids is 1. The number of thioether (sulfide) groups is 1. The second-order valence-electron chi connectivity index (χ2n) is 8.02. The van der Waals surface area contributed by atoms with E-state index >= 15 is 0 Å². The van der Waals surface area contributed by atoms with Crippen LogP contribution in [-0.4, -0.2) is 25.6 Å². The molecule has 1 atom stereocenters. The Labute approximate surface area is 215 Å². The molecule has 1 amide bonds. The van der Waals surface area contributed by atoms with Crippen LogP contribution in [0.5, 0.6) is 0 Å². The van der Waals surface area contributed by atoms with Crippen LogP contribution in [0, 0.1) is 22.9 Å². The molecule has 1 aromatic heterocycles. The van der Waals surface area contributed by atoms with E-state index in [1.54, 1.807) is 31.2 Å². The van der Waals surface area contributed by atoms with Gasteiger partial charge in [0.15, 0.2) is 11.0 Å². The van der Waals surface area contributed by atoms with Crippen molar-refractivity contribution in [1.29, 1.82) is 0 Å². The summed E-state index contributed by atoms with van der Waals surface area (Å²) in [5, 5.41) is 23.7. The monoisotopic (exact) mass is 525 g/mol. The van der Waals surface area contributed by atoms with Crippen LogP contribution in [0.2, 0.25) is 5.02 Å². The number of hydrogen-bond acceptors (Lipinski definition) is 6. The van der Waals surface area contributed by atoms with Gasteiger partial charge in [0, 0.05) is 28.5 Å². The Morgan fingerprint density at radius 3 is 2.64 bits per heavy atom. The summed E-state index contributed by atoms with van der Waals surface area (Å²) in [4.78, 5) is 23.4. The average Bonchev–Trinajstić information content (AvgIpc) is 3.29. The number of aromatic nitrogens is 3. The van der Waals surface area contributed by atoms with Crippen molar-refractivity contribution in [3.63, 3.8) is 0 Å². The van der Waals surface area contributed by atoms with E-state index in [0.717, 1.165) is 16.8 Å². The molecule has 0 spiro atoms. The number of nitrogens with one attached hydrogen (secondary N) is 1. The summed E-state index contributed by atoms with van der Waals surface area (Å²) in [5.41, 5.74) is 2.56. The highest BCUT2D eigenvalue weighted by atomic mass is 35.5. The van der Waals surface area contributed by atoms with Crippen molar-refractivity contribution in [2.24, 2.45) is 0 Å². The predicted octanol–water partition coefficient (Wildman–Crippen LogP) is 6.06. The van der Waals surface area contributed by atoms with E-state index in [1.165, 1.54) is 48.2 Å². The molecule has 0 saturated heterocycles. The summed E-state index contributed by atoms with van der Waals surface area (Å²) in [6.45, 7) is 3.68. The molecule has 8 nitrogen and oxygen atoms in total. The fourth-order valence-electron chi connectivity index (χ4n) is 3.54. The molecule has 0 aliphatic heterocycles. The topological polar surface area (TPSA) is 103 Å². The minimum absolute atomic E-state index is 0.159. The Morgan fingerprint density at radius 2 is 1.92 bits per heavy atom. The van der Waals surface area contributed by atoms with Gasteiger partial charge in [-0.1, -0.05) is 47.6 Å². The van der Waals surface area contributed by atoms with Gasteiger partial charge in [-0.05, 0) is 55.3 Å². The van der Waals surface area contributed by atoms with Crippen LogP contribution in [0.4, 0.5) is 10.1 Å². The van der Waals surface area contributed by atoms with E-state index in [9.17, 15) is 19.3 Å². The summed E-state index contributed by atoms with van der Waals surface area (Å²) < 4.78 is 15.1. The van der Waals surface area contributed by atoms with Crippen LogP contribution >= 0.6 is 23.4 Å². The van der Waals surface area contributed by atoms with Crippen molar-refractivity contribution in [3.05, 3.63) is 110 Å². The lowest BCUT2D eigenvalue weighted by Crippen LogP contribution is -2.28. The van der Waals surface area contributed by atoms with Gasteiger partial charge in [-0.3, -0.25) is 19.5 Å². The maximum atomic E-state index is 13.3. The zero-order valence-corrected chi connectivity index (χ0v) is 20.9. The van der Waals surface area contributed by atoms with Crippen molar-refractivity contribution >= 4 is 35.0 Å². The number of hydrogen-bond donors (Lipinski definition) is 1. The van der Waals surface area contributed by atoms with Gasteiger partial charge in [0.25, 0.3) is 11.6 Å². The molecule has 11 heteroatoms. The first-order valence-electron chi connectivity index (χ1n) is 10.9. The summed E-state index contributed by atoms with van der Waals surface area (Å²) in [6, 6.07) is 16.6. The van der Waals surface area contributed by atoms with Gasteiger partial charge in [0.1, 0.15) is 5.82 Å². The first-order valence-corrected chi connectivity index (χ1v) is 12.2. The Kier molecular flexibility index (Phi) is 7.66. The molecule has 4 rings (SSSR count). The Bertz CT molecular complexity index is 1430. The zero-order valence-electron chi connectivity index (χ0n) is 19.3. The zero-order chi connectivity index (χ0) is 25.8. The highest BCUT2D eigenvalue weighted by molar-refractivity contribution is 7.98. The molecule has 0 aliphatic rings. The minimum Gasteiger partial charge on any atom is -0.342 e. The molecule has 0 aliphatic carbocycles. The summed E-state index contributed by atoms with van der Waals surface area (Å²) in [5.74, 6) is 0.189. The number of aryl methyl sites for hydroxylation is 1. The molecule has 0 saturated carbocycles. The van der Waals surface area contributed by atoms with Gasteiger partial charge in [-0.15, -0.1) is 10.2 Å². The number of carbonyl (C=O) groups is 1. The van der Waals surface area contributed by atoms with Crippen LogP contribution in [0.15, 0.2) is 71.9 Å². The van der Waals surface area contributed by atoms with Crippen LogP contribution in [0.1, 0.15) is 40.3 Å². The number of benzene rings is 3. The first kappa shape index (κ1) is 25.3. The third-order valence-corrected chi connectivity index (χ3v) is 6.64. The summed E-state index contributed by atoms with van der Waals surface area (Å²) in [7, 11) is 0. The van der Waals surface area contributed by atoms with Gasteiger partial charge in [-0.25, -0.2) is 4.39 Å². The normalized spacial score (nSPS) is 11.8. The molecule has 0 bridgehead atoms. The Morgan fingerprint density at radius 1 is 1.17 bits per heavy atom. The van der Waals surface area contributed by atoms with Crippen molar-refractivity contribution in [2.75, 3.05) is 0 Å². The number of nitro groups is 1. The van der Waals surface area contributed by atoms with E-state index in [4.69, 9.17) is 11.6 Å². The molecule has 4 aromatic rings. The Hall–Kier alpha value is -3.76. The average molecular weight is 526 g/mol. The third kappa shape index (κ3) is 5.72. The second kappa shape index (κ2) is 10.9. The summed E-state index contributed by atoms with van der Waals surface area (Å²) in [6.07, 6.45) is 0. The third-order valence-electron chi connectivity index (χ3n) is 5.41. The van der Waals surface area contributed by atoms with Crippen molar-refractivity contribution in [3.8, 4) is 5.69 Å². The number of halogens is 2. The van der Waals surface area contributed by atoms with Crippen molar-refractivity contribution in [1.82, 2.24) is 20.1 Å². The quantitative estimate of drug-likeness (QED) is 0.170. The lowest BCUT2D eigenvalue weighted by Gasteiger charge is -2.18. The standard InChI is InChI=1S/C25H21ClFN5O3S/c1-15-6-9-19(26)13-22(15)31-23(29-30-25(31)36-14-17-7-10-20(27)11-8-17)16(2)28-24(33)18-4-3-5-21(12-18)32(34)35/h3-13,16H,14H2,1-2H3,(H,28,33). The van der Waals surface area contributed by atoms with E-state index in [2.05, 4.69) is 15.5 Å². The molecule has 1 unspecified atom stereocenters. The van der Waals surface area contributed by atoms with E-state index in [-0.39, 0.29) is 17.1 Å².